The van der Waals surface area contributed by atoms with Crippen molar-refractivity contribution in [1.29, 1.82) is 0 Å². The van der Waals surface area contributed by atoms with Gasteiger partial charge in [0.05, 0.1) is 17.9 Å². The molecule has 2 amide bonds. The number of hydrogen-bond acceptors (Lipinski definition) is 3. The lowest BCUT2D eigenvalue weighted by Crippen LogP contribution is -2.43. The van der Waals surface area contributed by atoms with Crippen molar-refractivity contribution >= 4 is 11.7 Å². The van der Waals surface area contributed by atoms with Crippen molar-refractivity contribution < 1.29 is 9.90 Å². The summed E-state index contributed by atoms with van der Waals surface area (Å²) >= 11 is 0. The van der Waals surface area contributed by atoms with Crippen LogP contribution in [0.15, 0.2) is 48.7 Å². The molecule has 22 heavy (non-hydrogen) atoms. The number of carbonyl (C=O) groups excluding carboxylic acids is 1. The van der Waals surface area contributed by atoms with E-state index in [0.717, 1.165) is 5.69 Å². The summed E-state index contributed by atoms with van der Waals surface area (Å²) in [5, 5.41) is 10.1. The molecule has 0 spiro atoms. The first-order valence-electron chi connectivity index (χ1n) is 7.41. The van der Waals surface area contributed by atoms with Crippen molar-refractivity contribution in [2.75, 3.05) is 18.0 Å². The van der Waals surface area contributed by atoms with Gasteiger partial charge < -0.3 is 10.0 Å². The largest absolute Gasteiger partial charge is 0.506 e. The summed E-state index contributed by atoms with van der Waals surface area (Å²) in [5.41, 5.74) is 1.26. The van der Waals surface area contributed by atoms with Gasteiger partial charge in [0.1, 0.15) is 5.75 Å². The number of carbonyl (C=O) groups is 1. The average molecular weight is 299 g/mol. The molecule has 0 bridgehead atoms. The minimum Gasteiger partial charge on any atom is -0.506 e. The SMILES string of the molecule is CCN(CC)C(=O)N(Cc1ccccn1)c1ccccc1O. The number of phenolic OH excluding ortho intramolecular Hbond substituents is 1. The Morgan fingerprint density at radius 2 is 1.77 bits per heavy atom. The number of nitrogens with zero attached hydrogens (tertiary/aromatic N) is 3. The van der Waals surface area contributed by atoms with Gasteiger partial charge in [-0.05, 0) is 38.1 Å². The van der Waals surface area contributed by atoms with Gasteiger partial charge in [-0.3, -0.25) is 9.88 Å². The molecule has 5 nitrogen and oxygen atoms in total. The molecule has 0 fully saturated rings. The first kappa shape index (κ1) is 15.8. The molecule has 0 unspecified atom stereocenters. The van der Waals surface area contributed by atoms with Crippen molar-refractivity contribution in [1.82, 2.24) is 9.88 Å². The monoisotopic (exact) mass is 299 g/mol. The third kappa shape index (κ3) is 3.55. The predicted octanol–water partition coefficient (Wildman–Crippen LogP) is 3.26. The van der Waals surface area contributed by atoms with Crippen LogP contribution < -0.4 is 4.90 Å². The highest BCUT2D eigenvalue weighted by Gasteiger charge is 2.23. The van der Waals surface area contributed by atoms with Gasteiger partial charge in [0.2, 0.25) is 0 Å². The minimum absolute atomic E-state index is 0.0823. The van der Waals surface area contributed by atoms with E-state index in [9.17, 15) is 9.90 Å². The molecule has 0 atom stereocenters. The molecule has 2 rings (SSSR count). The summed E-state index contributed by atoms with van der Waals surface area (Å²) in [7, 11) is 0. The van der Waals surface area contributed by atoms with E-state index in [1.54, 1.807) is 40.3 Å². The predicted molar refractivity (Wildman–Crippen MR) is 86.8 cm³/mol. The van der Waals surface area contributed by atoms with Gasteiger partial charge in [0.25, 0.3) is 0 Å². The van der Waals surface area contributed by atoms with E-state index in [1.165, 1.54) is 0 Å². The maximum Gasteiger partial charge on any atom is 0.324 e. The number of urea groups is 1. The smallest absolute Gasteiger partial charge is 0.324 e. The van der Waals surface area contributed by atoms with Gasteiger partial charge in [-0.2, -0.15) is 0 Å². The number of anilines is 1. The first-order chi connectivity index (χ1) is 10.7. The van der Waals surface area contributed by atoms with E-state index < -0.39 is 0 Å². The topological polar surface area (TPSA) is 56.7 Å². The summed E-state index contributed by atoms with van der Waals surface area (Å²) in [6.45, 7) is 5.41. The Kier molecular flexibility index (Phi) is 5.36. The zero-order valence-corrected chi connectivity index (χ0v) is 12.9. The van der Waals surface area contributed by atoms with Crippen LogP contribution in [-0.4, -0.2) is 34.1 Å². The molecule has 0 aliphatic carbocycles. The summed E-state index contributed by atoms with van der Waals surface area (Å²) < 4.78 is 0. The number of rotatable bonds is 5. The molecule has 0 radical (unpaired) electrons. The van der Waals surface area contributed by atoms with E-state index in [1.807, 2.05) is 32.0 Å². The molecule has 116 valence electrons. The molecular formula is C17H21N3O2. The highest BCUT2D eigenvalue weighted by molar-refractivity contribution is 5.93. The molecule has 0 saturated carbocycles. The zero-order valence-electron chi connectivity index (χ0n) is 12.9. The van der Waals surface area contributed by atoms with Crippen molar-refractivity contribution in [3.05, 3.63) is 54.4 Å². The molecule has 1 N–H and O–H groups in total. The summed E-state index contributed by atoms with van der Waals surface area (Å²) in [5.74, 6) is 0.0823. The molecule has 0 aliphatic rings. The van der Waals surface area contributed by atoms with Crippen molar-refractivity contribution in [3.8, 4) is 5.75 Å². The highest BCUT2D eigenvalue weighted by atomic mass is 16.3. The summed E-state index contributed by atoms with van der Waals surface area (Å²) in [4.78, 5) is 20.3. The second-order valence-electron chi connectivity index (χ2n) is 4.85. The molecule has 1 heterocycles. The third-order valence-corrected chi connectivity index (χ3v) is 3.48. The standard InChI is InChI=1S/C17H21N3O2/c1-3-19(4-2)17(22)20(13-14-9-7-8-12-18-14)15-10-5-6-11-16(15)21/h5-12,21H,3-4,13H2,1-2H3. The first-order valence-corrected chi connectivity index (χ1v) is 7.41. The fourth-order valence-electron chi connectivity index (χ4n) is 2.27. The van der Waals surface area contributed by atoms with E-state index in [2.05, 4.69) is 4.98 Å². The van der Waals surface area contributed by atoms with Crippen LogP contribution in [0.5, 0.6) is 5.75 Å². The Balaban J connectivity index is 2.36. The minimum atomic E-state index is -0.142. The van der Waals surface area contributed by atoms with Crippen LogP contribution in [0, 0.1) is 0 Å². The second-order valence-corrected chi connectivity index (χ2v) is 4.85. The fourth-order valence-corrected chi connectivity index (χ4v) is 2.27. The van der Waals surface area contributed by atoms with Gasteiger partial charge in [-0.1, -0.05) is 18.2 Å². The van der Waals surface area contributed by atoms with E-state index in [4.69, 9.17) is 0 Å². The van der Waals surface area contributed by atoms with Crippen LogP contribution in [-0.2, 0) is 6.54 Å². The highest BCUT2D eigenvalue weighted by Crippen LogP contribution is 2.28. The van der Waals surface area contributed by atoms with E-state index in [0.29, 0.717) is 25.3 Å². The van der Waals surface area contributed by atoms with Crippen LogP contribution >= 0.6 is 0 Å². The number of pyridine rings is 1. The third-order valence-electron chi connectivity index (χ3n) is 3.48. The van der Waals surface area contributed by atoms with Gasteiger partial charge in [-0.15, -0.1) is 0 Å². The Labute approximate surface area is 130 Å². The normalized spacial score (nSPS) is 10.3. The molecule has 5 heteroatoms. The summed E-state index contributed by atoms with van der Waals surface area (Å²) in [6, 6.07) is 12.3. The van der Waals surface area contributed by atoms with E-state index >= 15 is 0 Å². The lowest BCUT2D eigenvalue weighted by Gasteiger charge is -2.29. The molecule has 0 aliphatic heterocycles. The average Bonchev–Trinajstić information content (AvgIpc) is 2.55. The Bertz CT molecular complexity index is 612. The van der Waals surface area contributed by atoms with Gasteiger partial charge in [-0.25, -0.2) is 4.79 Å². The number of aromatic hydroxyl groups is 1. The quantitative estimate of drug-likeness (QED) is 0.922. The number of aromatic nitrogens is 1. The van der Waals surface area contributed by atoms with Crippen LogP contribution in [0.3, 0.4) is 0 Å². The number of phenols is 1. The molecular weight excluding hydrogens is 278 g/mol. The lowest BCUT2D eigenvalue weighted by atomic mass is 10.2. The van der Waals surface area contributed by atoms with Crippen LogP contribution in [0.4, 0.5) is 10.5 Å². The van der Waals surface area contributed by atoms with Crippen molar-refractivity contribution in [2.45, 2.75) is 20.4 Å². The Morgan fingerprint density at radius 3 is 2.36 bits per heavy atom. The zero-order chi connectivity index (χ0) is 15.9. The fraction of sp³-hybridized carbons (Fsp3) is 0.294. The number of benzene rings is 1. The van der Waals surface area contributed by atoms with Crippen molar-refractivity contribution in [3.63, 3.8) is 0 Å². The van der Waals surface area contributed by atoms with Gasteiger partial charge in [0, 0.05) is 19.3 Å². The lowest BCUT2D eigenvalue weighted by molar-refractivity contribution is 0.209. The second kappa shape index (κ2) is 7.45. The van der Waals surface area contributed by atoms with Crippen LogP contribution in [0.2, 0.25) is 0 Å². The number of para-hydroxylation sites is 2. The number of amides is 2. The van der Waals surface area contributed by atoms with Gasteiger partial charge >= 0.3 is 6.03 Å². The van der Waals surface area contributed by atoms with Crippen LogP contribution in [0.25, 0.3) is 0 Å². The molecule has 1 aromatic heterocycles. The maximum absolute atomic E-state index is 12.8. The number of hydrogen-bond donors (Lipinski definition) is 1. The maximum atomic E-state index is 12.8. The van der Waals surface area contributed by atoms with E-state index in [-0.39, 0.29) is 11.8 Å². The molecule has 2 aromatic rings. The Hall–Kier alpha value is -2.56. The van der Waals surface area contributed by atoms with Gasteiger partial charge in [0.15, 0.2) is 0 Å². The van der Waals surface area contributed by atoms with Crippen LogP contribution in [0.1, 0.15) is 19.5 Å². The Morgan fingerprint density at radius 1 is 1.09 bits per heavy atom. The molecule has 1 aromatic carbocycles. The summed E-state index contributed by atoms with van der Waals surface area (Å²) in [6.07, 6.45) is 1.69. The van der Waals surface area contributed by atoms with Crippen molar-refractivity contribution in [2.24, 2.45) is 0 Å². The molecule has 0 saturated heterocycles.